The summed E-state index contributed by atoms with van der Waals surface area (Å²) in [4.78, 5) is 10.5. The number of nitrogens with one attached hydrogen (secondary N) is 1. The molecule has 3 rings (SSSR count). The van der Waals surface area contributed by atoms with E-state index in [1.54, 1.807) is 10.7 Å². The normalized spacial score (nSPS) is 14.3. The molecule has 0 atom stereocenters. The molecule has 0 amide bonds. The van der Waals surface area contributed by atoms with Crippen LogP contribution in [0.15, 0.2) is 35.1 Å². The second-order valence-electron chi connectivity index (χ2n) is 5.21. The molecule has 2 aromatic rings. The Hall–Kier alpha value is -1.73. The number of rotatable bonds is 6. The van der Waals surface area contributed by atoms with E-state index in [2.05, 4.69) is 26.3 Å². The van der Waals surface area contributed by atoms with Crippen LogP contribution in [-0.2, 0) is 13.1 Å². The molecule has 0 radical (unpaired) electrons. The van der Waals surface area contributed by atoms with Crippen molar-refractivity contribution in [2.24, 2.45) is 0 Å². The average molecular weight is 351 g/mol. The van der Waals surface area contributed by atoms with Crippen LogP contribution < -0.4 is 5.32 Å². The number of aromatic nitrogens is 2. The maximum atomic E-state index is 10.9. The topological polar surface area (TPSA) is 73.0 Å². The molecule has 0 aliphatic heterocycles. The number of hydrogen-bond acceptors (Lipinski definition) is 4. The molecule has 1 aromatic heterocycles. The highest BCUT2D eigenvalue weighted by molar-refractivity contribution is 9.10. The summed E-state index contributed by atoms with van der Waals surface area (Å²) in [5.41, 5.74) is 2.05. The highest BCUT2D eigenvalue weighted by Gasteiger charge is 2.20. The SMILES string of the molecule is O=[N+]([O-])c1cccc(Cn2cc(CNC3CC3)cn2)c1Br. The lowest BCUT2D eigenvalue weighted by Crippen LogP contribution is -2.14. The number of halogens is 1. The van der Waals surface area contributed by atoms with Gasteiger partial charge in [-0.1, -0.05) is 12.1 Å². The van der Waals surface area contributed by atoms with Gasteiger partial charge in [-0.15, -0.1) is 0 Å². The molecule has 0 saturated heterocycles. The van der Waals surface area contributed by atoms with Crippen LogP contribution in [0.1, 0.15) is 24.0 Å². The van der Waals surface area contributed by atoms with Gasteiger partial charge in [-0.05, 0) is 34.3 Å². The van der Waals surface area contributed by atoms with Crippen molar-refractivity contribution in [2.75, 3.05) is 0 Å². The van der Waals surface area contributed by atoms with E-state index in [0.29, 0.717) is 17.1 Å². The van der Waals surface area contributed by atoms with Crippen LogP contribution in [-0.4, -0.2) is 20.7 Å². The summed E-state index contributed by atoms with van der Waals surface area (Å²) in [7, 11) is 0. The van der Waals surface area contributed by atoms with Gasteiger partial charge in [0, 0.05) is 30.4 Å². The first-order chi connectivity index (χ1) is 10.1. The molecule has 110 valence electrons. The zero-order valence-corrected chi connectivity index (χ0v) is 12.9. The second kappa shape index (κ2) is 5.95. The van der Waals surface area contributed by atoms with E-state index in [4.69, 9.17) is 0 Å². The van der Waals surface area contributed by atoms with E-state index >= 15 is 0 Å². The van der Waals surface area contributed by atoms with E-state index in [9.17, 15) is 10.1 Å². The molecule has 7 heteroatoms. The minimum absolute atomic E-state index is 0.0790. The van der Waals surface area contributed by atoms with Crippen LogP contribution in [0, 0.1) is 10.1 Å². The Morgan fingerprint density at radius 1 is 1.48 bits per heavy atom. The first kappa shape index (κ1) is 14.2. The van der Waals surface area contributed by atoms with E-state index < -0.39 is 0 Å². The van der Waals surface area contributed by atoms with Crippen LogP contribution in [0.3, 0.4) is 0 Å². The molecule has 1 N–H and O–H groups in total. The molecule has 1 aliphatic carbocycles. The molecule has 1 saturated carbocycles. The third kappa shape index (κ3) is 3.48. The summed E-state index contributed by atoms with van der Waals surface area (Å²) in [6.45, 7) is 1.33. The molecule has 1 aliphatic rings. The van der Waals surface area contributed by atoms with Crippen LogP contribution >= 0.6 is 15.9 Å². The van der Waals surface area contributed by atoms with Gasteiger partial charge in [-0.3, -0.25) is 14.8 Å². The van der Waals surface area contributed by atoms with Crippen molar-refractivity contribution in [1.82, 2.24) is 15.1 Å². The molecule has 1 fully saturated rings. The highest BCUT2D eigenvalue weighted by atomic mass is 79.9. The fourth-order valence-electron chi connectivity index (χ4n) is 2.14. The first-order valence-corrected chi connectivity index (χ1v) is 7.59. The number of nitro groups is 1. The number of nitrogens with zero attached hydrogens (tertiary/aromatic N) is 3. The van der Waals surface area contributed by atoms with Crippen LogP contribution in [0.5, 0.6) is 0 Å². The number of nitro benzene ring substituents is 1. The molecular weight excluding hydrogens is 336 g/mol. The van der Waals surface area contributed by atoms with E-state index in [0.717, 1.165) is 17.7 Å². The number of benzene rings is 1. The van der Waals surface area contributed by atoms with Gasteiger partial charge in [0.25, 0.3) is 5.69 Å². The summed E-state index contributed by atoms with van der Waals surface area (Å²) < 4.78 is 2.32. The lowest BCUT2D eigenvalue weighted by atomic mass is 10.2. The molecule has 1 aromatic carbocycles. The van der Waals surface area contributed by atoms with Gasteiger partial charge >= 0.3 is 0 Å². The van der Waals surface area contributed by atoms with Crippen LogP contribution in [0.25, 0.3) is 0 Å². The summed E-state index contributed by atoms with van der Waals surface area (Å²) in [5.74, 6) is 0. The Kier molecular flexibility index (Phi) is 4.03. The van der Waals surface area contributed by atoms with Gasteiger partial charge in [0.05, 0.1) is 17.7 Å². The Labute approximate surface area is 130 Å². The summed E-state index contributed by atoms with van der Waals surface area (Å²) in [6, 6.07) is 5.71. The maximum Gasteiger partial charge on any atom is 0.283 e. The van der Waals surface area contributed by atoms with Gasteiger partial charge < -0.3 is 5.32 Å². The van der Waals surface area contributed by atoms with Crippen molar-refractivity contribution >= 4 is 21.6 Å². The Bertz CT molecular complexity index is 667. The zero-order valence-electron chi connectivity index (χ0n) is 11.3. The first-order valence-electron chi connectivity index (χ1n) is 6.80. The van der Waals surface area contributed by atoms with Gasteiger partial charge in [0.1, 0.15) is 4.47 Å². The van der Waals surface area contributed by atoms with Crippen molar-refractivity contribution in [1.29, 1.82) is 0 Å². The van der Waals surface area contributed by atoms with Crippen LogP contribution in [0.2, 0.25) is 0 Å². The molecular formula is C14H15BrN4O2. The van der Waals surface area contributed by atoms with E-state index in [1.807, 2.05) is 18.5 Å². The van der Waals surface area contributed by atoms with Gasteiger partial charge in [-0.25, -0.2) is 0 Å². The van der Waals surface area contributed by atoms with Gasteiger partial charge in [0.15, 0.2) is 0 Å². The molecule has 0 unspecified atom stereocenters. The summed E-state index contributed by atoms with van der Waals surface area (Å²) >= 11 is 3.31. The third-order valence-corrected chi connectivity index (χ3v) is 4.36. The maximum absolute atomic E-state index is 10.9. The predicted octanol–water partition coefficient (Wildman–Crippen LogP) is 2.85. The summed E-state index contributed by atoms with van der Waals surface area (Å²) in [5, 5.41) is 18.7. The van der Waals surface area contributed by atoms with E-state index in [-0.39, 0.29) is 10.6 Å². The van der Waals surface area contributed by atoms with Gasteiger partial charge in [-0.2, -0.15) is 5.10 Å². The number of hydrogen-bond donors (Lipinski definition) is 1. The fourth-order valence-corrected chi connectivity index (χ4v) is 2.67. The summed E-state index contributed by atoms with van der Waals surface area (Å²) in [6.07, 6.45) is 6.32. The van der Waals surface area contributed by atoms with Crippen molar-refractivity contribution < 1.29 is 4.92 Å². The van der Waals surface area contributed by atoms with Crippen molar-refractivity contribution in [3.05, 3.63) is 56.3 Å². The lowest BCUT2D eigenvalue weighted by molar-refractivity contribution is -0.385. The second-order valence-corrected chi connectivity index (χ2v) is 6.00. The quantitative estimate of drug-likeness (QED) is 0.642. The van der Waals surface area contributed by atoms with Crippen molar-refractivity contribution in [3.63, 3.8) is 0 Å². The average Bonchev–Trinajstić information content (AvgIpc) is 3.18. The lowest BCUT2D eigenvalue weighted by Gasteiger charge is -2.05. The molecule has 1 heterocycles. The molecule has 6 nitrogen and oxygen atoms in total. The standard InChI is InChI=1S/C14H15BrN4O2/c15-14-11(2-1-3-13(14)19(20)21)9-18-8-10(7-17-18)6-16-12-4-5-12/h1-3,7-8,12,16H,4-6,9H2. The zero-order chi connectivity index (χ0) is 14.8. The fraction of sp³-hybridized carbons (Fsp3) is 0.357. The van der Waals surface area contributed by atoms with Crippen molar-refractivity contribution in [2.45, 2.75) is 32.0 Å². The minimum atomic E-state index is -0.387. The molecule has 0 bridgehead atoms. The Morgan fingerprint density at radius 3 is 3.00 bits per heavy atom. The largest absolute Gasteiger partial charge is 0.310 e. The highest BCUT2D eigenvalue weighted by Crippen LogP contribution is 2.28. The third-order valence-electron chi connectivity index (χ3n) is 3.45. The van der Waals surface area contributed by atoms with Crippen LogP contribution in [0.4, 0.5) is 5.69 Å². The molecule has 21 heavy (non-hydrogen) atoms. The smallest absolute Gasteiger partial charge is 0.283 e. The Balaban J connectivity index is 1.71. The monoisotopic (exact) mass is 350 g/mol. The van der Waals surface area contributed by atoms with Crippen molar-refractivity contribution in [3.8, 4) is 0 Å². The molecule has 0 spiro atoms. The van der Waals surface area contributed by atoms with Gasteiger partial charge in [0.2, 0.25) is 0 Å². The van der Waals surface area contributed by atoms with E-state index in [1.165, 1.54) is 18.9 Å². The Morgan fingerprint density at radius 2 is 2.29 bits per heavy atom. The predicted molar refractivity (Wildman–Crippen MR) is 82.0 cm³/mol. The minimum Gasteiger partial charge on any atom is -0.310 e.